The number of H-pyrrole nitrogens is 1. The molecule has 0 radical (unpaired) electrons. The molecule has 9 heteroatoms. The minimum Gasteiger partial charge on any atom is -0.872 e. The third-order valence-electron chi connectivity index (χ3n) is 6.85. The van der Waals surface area contributed by atoms with Crippen molar-refractivity contribution in [2.75, 3.05) is 27.9 Å². The van der Waals surface area contributed by atoms with Crippen molar-refractivity contribution in [1.82, 2.24) is 4.90 Å². The summed E-state index contributed by atoms with van der Waals surface area (Å²) in [6, 6.07) is 11.0. The molecular formula is C31H34N2O7. The van der Waals surface area contributed by atoms with Crippen LogP contribution in [0.1, 0.15) is 48.1 Å². The molecule has 4 rings (SSSR count). The number of pyridine rings is 1. The Bertz CT molecular complexity index is 1390. The number of benzene rings is 2. The number of nitrogens with one attached hydrogen (secondary N) is 1. The van der Waals surface area contributed by atoms with Crippen molar-refractivity contribution in [3.63, 3.8) is 0 Å². The number of carbonyl (C=O) groups excluding carboxylic acids is 2. The highest BCUT2D eigenvalue weighted by Crippen LogP contribution is 2.46. The lowest BCUT2D eigenvalue weighted by molar-refractivity contribution is -0.378. The number of Topliss-reactive ketones (excluding diaryl/α,β-unsaturated/α-hetero) is 1. The van der Waals surface area contributed by atoms with Crippen molar-refractivity contribution < 1.29 is 38.6 Å². The Balaban J connectivity index is 1.87. The van der Waals surface area contributed by atoms with Gasteiger partial charge in [-0.2, -0.15) is 0 Å². The summed E-state index contributed by atoms with van der Waals surface area (Å²) in [6.45, 7) is 4.60. The van der Waals surface area contributed by atoms with E-state index in [4.69, 9.17) is 18.9 Å². The fourth-order valence-electron chi connectivity index (χ4n) is 4.80. The number of nitrogens with zero attached hydrogens (tertiary/aromatic N) is 1. The summed E-state index contributed by atoms with van der Waals surface area (Å²) < 4.78 is 22.3. The summed E-state index contributed by atoms with van der Waals surface area (Å²) >= 11 is 0. The molecule has 2 aromatic carbocycles. The molecule has 1 unspecified atom stereocenters. The summed E-state index contributed by atoms with van der Waals surface area (Å²) in [5, 5.41) is 14.0. The normalized spacial score (nSPS) is 16.2. The van der Waals surface area contributed by atoms with Crippen LogP contribution in [0.25, 0.3) is 5.76 Å². The van der Waals surface area contributed by atoms with Crippen LogP contribution in [0.4, 0.5) is 0 Å². The van der Waals surface area contributed by atoms with E-state index in [0.717, 1.165) is 24.0 Å². The van der Waals surface area contributed by atoms with Gasteiger partial charge in [0.25, 0.3) is 5.91 Å². The number of hydrogen-bond donors (Lipinski definition) is 0. The van der Waals surface area contributed by atoms with Crippen LogP contribution in [0, 0.1) is 6.92 Å². The average Bonchev–Trinajstić information content (AvgIpc) is 3.22. The van der Waals surface area contributed by atoms with Gasteiger partial charge in [0.05, 0.1) is 40.5 Å². The van der Waals surface area contributed by atoms with Crippen LogP contribution < -0.4 is 29.0 Å². The molecule has 1 saturated heterocycles. The van der Waals surface area contributed by atoms with Crippen molar-refractivity contribution in [3.8, 4) is 23.0 Å². The second-order valence-electron chi connectivity index (χ2n) is 9.46. The monoisotopic (exact) mass is 546 g/mol. The number of carbonyl (C=O) groups is 2. The van der Waals surface area contributed by atoms with E-state index in [9.17, 15) is 14.7 Å². The molecule has 0 aliphatic carbocycles. The quantitative estimate of drug-likeness (QED) is 0.157. The third kappa shape index (κ3) is 5.59. The Morgan fingerprint density at radius 3 is 2.30 bits per heavy atom. The lowest BCUT2D eigenvalue weighted by Crippen LogP contribution is -2.29. The summed E-state index contributed by atoms with van der Waals surface area (Å²) in [5.41, 5.74) is 2.16. The van der Waals surface area contributed by atoms with Crippen molar-refractivity contribution in [3.05, 3.63) is 82.7 Å². The molecule has 2 heterocycles. The zero-order valence-electron chi connectivity index (χ0n) is 23.4. The molecule has 210 valence electrons. The Hall–Kier alpha value is -4.53. The van der Waals surface area contributed by atoms with Gasteiger partial charge < -0.3 is 29.0 Å². The van der Waals surface area contributed by atoms with Crippen LogP contribution in [0.2, 0.25) is 0 Å². The molecular weight excluding hydrogens is 512 g/mol. The van der Waals surface area contributed by atoms with Crippen LogP contribution in [-0.2, 0) is 16.1 Å². The Labute approximate surface area is 234 Å². The van der Waals surface area contributed by atoms with E-state index in [1.54, 1.807) is 48.8 Å². The summed E-state index contributed by atoms with van der Waals surface area (Å²) in [5.74, 6) is -0.419. The molecule has 0 saturated carbocycles. The fourth-order valence-corrected chi connectivity index (χ4v) is 4.80. The van der Waals surface area contributed by atoms with E-state index in [-0.39, 0.29) is 12.1 Å². The van der Waals surface area contributed by atoms with E-state index in [0.29, 0.717) is 40.7 Å². The second kappa shape index (κ2) is 12.5. The maximum absolute atomic E-state index is 14.0. The number of aryl methyl sites for hydroxylation is 1. The van der Waals surface area contributed by atoms with Crippen molar-refractivity contribution in [2.45, 2.75) is 39.3 Å². The first-order chi connectivity index (χ1) is 19.3. The number of likely N-dealkylation sites (tertiary alicyclic amines) is 1. The minimum atomic E-state index is -0.984. The highest BCUT2D eigenvalue weighted by molar-refractivity contribution is 6.46. The Morgan fingerprint density at radius 2 is 1.73 bits per heavy atom. The molecule has 1 N–H and O–H groups in total. The lowest BCUT2D eigenvalue weighted by Gasteiger charge is -2.28. The van der Waals surface area contributed by atoms with Gasteiger partial charge in [-0.1, -0.05) is 25.2 Å². The lowest BCUT2D eigenvalue weighted by atomic mass is 9.94. The number of amides is 1. The van der Waals surface area contributed by atoms with Crippen LogP contribution >= 0.6 is 0 Å². The van der Waals surface area contributed by atoms with Crippen LogP contribution in [-0.4, -0.2) is 44.5 Å². The van der Waals surface area contributed by atoms with Gasteiger partial charge >= 0.3 is 0 Å². The van der Waals surface area contributed by atoms with Gasteiger partial charge in [-0.25, -0.2) is 4.98 Å². The minimum absolute atomic E-state index is 0.100. The highest BCUT2D eigenvalue weighted by Gasteiger charge is 2.45. The first-order valence-corrected chi connectivity index (χ1v) is 13.1. The third-order valence-corrected chi connectivity index (χ3v) is 6.85. The first kappa shape index (κ1) is 28.5. The first-order valence-electron chi connectivity index (χ1n) is 13.1. The molecule has 1 aliphatic heterocycles. The number of hydrogen-bond acceptors (Lipinski definition) is 7. The maximum atomic E-state index is 14.0. The van der Waals surface area contributed by atoms with Crippen molar-refractivity contribution in [1.29, 1.82) is 0 Å². The van der Waals surface area contributed by atoms with Crippen LogP contribution in [0.3, 0.4) is 0 Å². The molecule has 1 fully saturated rings. The number of aromatic amines is 1. The van der Waals surface area contributed by atoms with Gasteiger partial charge in [0.15, 0.2) is 23.9 Å². The van der Waals surface area contributed by atoms with E-state index in [1.165, 1.54) is 26.2 Å². The Kier molecular flexibility index (Phi) is 8.93. The number of methoxy groups -OCH3 is 3. The zero-order valence-corrected chi connectivity index (χ0v) is 23.4. The van der Waals surface area contributed by atoms with E-state index >= 15 is 0 Å². The molecule has 1 amide bonds. The van der Waals surface area contributed by atoms with Gasteiger partial charge in [0, 0.05) is 17.2 Å². The van der Waals surface area contributed by atoms with Gasteiger partial charge in [0.2, 0.25) is 11.5 Å². The number of ketones is 1. The standard InChI is InChI=1S/C31H34N2O7/c1-6-7-13-40-23-11-10-21(14-19(23)2)28(34)26-27(22-15-24(37-3)30(39-5)25(16-22)38-4)33(31(36)29(26)35)18-20-9-8-12-32-17-20/h8-12,14-17,27,34H,6-7,13,18H2,1-5H3/b28-26+. The predicted molar refractivity (Wildman–Crippen MR) is 146 cm³/mol. The number of ether oxygens (including phenoxy) is 4. The second-order valence-corrected chi connectivity index (χ2v) is 9.46. The number of rotatable bonds is 11. The molecule has 0 spiro atoms. The maximum Gasteiger partial charge on any atom is 0.295 e. The predicted octanol–water partition coefficient (Wildman–Crippen LogP) is 3.44. The summed E-state index contributed by atoms with van der Waals surface area (Å²) in [7, 11) is 4.44. The van der Waals surface area contributed by atoms with Crippen molar-refractivity contribution in [2.24, 2.45) is 0 Å². The molecule has 0 bridgehead atoms. The van der Waals surface area contributed by atoms with E-state index in [2.05, 4.69) is 11.9 Å². The van der Waals surface area contributed by atoms with Gasteiger partial charge in [-0.15, -0.1) is 0 Å². The fraction of sp³-hybridized carbons (Fsp3) is 0.323. The highest BCUT2D eigenvalue weighted by atomic mass is 16.5. The molecule has 3 aromatic rings. The SMILES string of the molecule is CCCCOc1ccc(/C([O-])=C2\C(=O)C(=O)N(Cc3ccc[nH+]c3)C2c2cc(OC)c(OC)c(OC)c2)cc1C. The zero-order chi connectivity index (χ0) is 28.8. The topological polar surface area (TPSA) is 112 Å². The largest absolute Gasteiger partial charge is 0.872 e. The molecule has 1 aliphatic rings. The number of aromatic nitrogens is 1. The summed E-state index contributed by atoms with van der Waals surface area (Å²) in [4.78, 5) is 31.3. The van der Waals surface area contributed by atoms with Gasteiger partial charge in [-0.05, 0) is 60.4 Å². The Morgan fingerprint density at radius 1 is 1.00 bits per heavy atom. The average molecular weight is 547 g/mol. The molecule has 9 nitrogen and oxygen atoms in total. The van der Waals surface area contributed by atoms with Gasteiger partial charge in [-0.3, -0.25) is 9.59 Å². The molecule has 1 atom stereocenters. The van der Waals surface area contributed by atoms with Crippen LogP contribution in [0.15, 0.2) is 60.4 Å². The van der Waals surface area contributed by atoms with Gasteiger partial charge in [0.1, 0.15) is 5.75 Å². The molecule has 40 heavy (non-hydrogen) atoms. The van der Waals surface area contributed by atoms with Crippen LogP contribution in [0.5, 0.6) is 23.0 Å². The van der Waals surface area contributed by atoms with Crippen molar-refractivity contribution >= 4 is 17.4 Å². The van der Waals surface area contributed by atoms with E-state index < -0.39 is 23.5 Å². The summed E-state index contributed by atoms with van der Waals surface area (Å²) in [6.07, 6.45) is 5.41. The molecule has 1 aromatic heterocycles. The number of unbranched alkanes of at least 4 members (excludes halogenated alkanes) is 1. The van der Waals surface area contributed by atoms with E-state index in [1.807, 2.05) is 13.0 Å². The smallest absolute Gasteiger partial charge is 0.295 e.